The third-order valence-electron chi connectivity index (χ3n) is 1.70. The first-order valence-electron chi connectivity index (χ1n) is 3.85. The molecule has 1 aliphatic heterocycles. The van der Waals surface area contributed by atoms with E-state index < -0.39 is 0 Å². The van der Waals surface area contributed by atoms with Gasteiger partial charge in [0.15, 0.2) is 0 Å². The lowest BCUT2D eigenvalue weighted by Crippen LogP contribution is -1.98. The number of hydrogen-bond acceptors (Lipinski definition) is 2. The maximum atomic E-state index is 5.15. The quantitative estimate of drug-likeness (QED) is 0.625. The number of rotatable bonds is 1. The van der Waals surface area contributed by atoms with Crippen molar-refractivity contribution in [2.45, 2.75) is 0 Å². The Bertz CT molecular complexity index is 314. The van der Waals surface area contributed by atoms with Gasteiger partial charge in [-0.15, -0.1) is 0 Å². The Kier molecular flexibility index (Phi) is 1.90. The van der Waals surface area contributed by atoms with Crippen LogP contribution in [0.5, 0.6) is 0 Å². The smallest absolute Gasteiger partial charge is 0.114 e. The molecule has 60 valence electrons. The molecule has 0 aromatic carbocycles. The summed E-state index contributed by atoms with van der Waals surface area (Å²) in [6.07, 6.45) is 7.38. The van der Waals surface area contributed by atoms with E-state index in [9.17, 15) is 0 Å². The summed E-state index contributed by atoms with van der Waals surface area (Å²) in [5.74, 6) is 0. The van der Waals surface area contributed by atoms with E-state index in [1.165, 1.54) is 0 Å². The SMILES string of the molecule is C1=COCC(c2ccccn2)=C1. The lowest BCUT2D eigenvalue weighted by molar-refractivity contribution is 0.292. The molecule has 1 aliphatic rings. The molecule has 0 spiro atoms. The van der Waals surface area contributed by atoms with Crippen LogP contribution in [0.25, 0.3) is 5.57 Å². The Hall–Kier alpha value is -1.57. The second-order valence-electron chi connectivity index (χ2n) is 2.55. The molecular weight excluding hydrogens is 150 g/mol. The van der Waals surface area contributed by atoms with Crippen LogP contribution < -0.4 is 0 Å². The zero-order valence-corrected chi connectivity index (χ0v) is 6.60. The number of nitrogens with zero attached hydrogens (tertiary/aromatic N) is 1. The van der Waals surface area contributed by atoms with Gasteiger partial charge >= 0.3 is 0 Å². The average Bonchev–Trinajstić information content (AvgIpc) is 2.21. The van der Waals surface area contributed by atoms with E-state index >= 15 is 0 Å². The van der Waals surface area contributed by atoms with Crippen LogP contribution in [0.15, 0.2) is 42.8 Å². The van der Waals surface area contributed by atoms with Crippen LogP contribution >= 0.6 is 0 Å². The van der Waals surface area contributed by atoms with Gasteiger partial charge in [0.2, 0.25) is 0 Å². The molecule has 0 N–H and O–H groups in total. The van der Waals surface area contributed by atoms with E-state index in [4.69, 9.17) is 4.74 Å². The number of aromatic nitrogens is 1. The van der Waals surface area contributed by atoms with Crippen molar-refractivity contribution in [2.24, 2.45) is 0 Å². The Labute approximate surface area is 71.2 Å². The highest BCUT2D eigenvalue weighted by Gasteiger charge is 2.03. The fraction of sp³-hybridized carbons (Fsp3) is 0.100. The van der Waals surface area contributed by atoms with Crippen LogP contribution in [-0.2, 0) is 4.74 Å². The van der Waals surface area contributed by atoms with E-state index in [1.807, 2.05) is 30.4 Å². The highest BCUT2D eigenvalue weighted by molar-refractivity contribution is 5.65. The maximum Gasteiger partial charge on any atom is 0.114 e. The molecule has 0 aliphatic carbocycles. The second kappa shape index (κ2) is 3.22. The van der Waals surface area contributed by atoms with E-state index in [2.05, 4.69) is 4.98 Å². The van der Waals surface area contributed by atoms with Crippen molar-refractivity contribution >= 4 is 5.57 Å². The van der Waals surface area contributed by atoms with Crippen molar-refractivity contribution in [3.8, 4) is 0 Å². The normalized spacial score (nSPS) is 15.2. The van der Waals surface area contributed by atoms with Gasteiger partial charge in [-0.2, -0.15) is 0 Å². The molecule has 0 saturated heterocycles. The first-order valence-corrected chi connectivity index (χ1v) is 3.85. The van der Waals surface area contributed by atoms with Crippen LogP contribution in [-0.4, -0.2) is 11.6 Å². The molecule has 0 amide bonds. The van der Waals surface area contributed by atoms with Crippen molar-refractivity contribution in [3.63, 3.8) is 0 Å². The molecule has 2 heterocycles. The zero-order valence-electron chi connectivity index (χ0n) is 6.60. The number of hydrogen-bond donors (Lipinski definition) is 0. The third kappa shape index (κ3) is 1.37. The minimum Gasteiger partial charge on any atom is -0.496 e. The monoisotopic (exact) mass is 159 g/mol. The summed E-state index contributed by atoms with van der Waals surface area (Å²) in [7, 11) is 0. The summed E-state index contributed by atoms with van der Waals surface area (Å²) in [6, 6.07) is 5.86. The van der Waals surface area contributed by atoms with Crippen molar-refractivity contribution in [1.29, 1.82) is 0 Å². The molecule has 0 unspecified atom stereocenters. The summed E-state index contributed by atoms with van der Waals surface area (Å²) in [5.41, 5.74) is 2.11. The van der Waals surface area contributed by atoms with Crippen LogP contribution in [0.2, 0.25) is 0 Å². The van der Waals surface area contributed by atoms with Gasteiger partial charge in [-0.05, 0) is 18.2 Å². The fourth-order valence-corrected chi connectivity index (χ4v) is 1.11. The van der Waals surface area contributed by atoms with Gasteiger partial charge in [-0.25, -0.2) is 0 Å². The molecule has 1 aromatic rings. The van der Waals surface area contributed by atoms with Crippen molar-refractivity contribution in [1.82, 2.24) is 4.98 Å². The van der Waals surface area contributed by atoms with Crippen LogP contribution in [0.4, 0.5) is 0 Å². The van der Waals surface area contributed by atoms with Crippen LogP contribution in [0.3, 0.4) is 0 Å². The Morgan fingerprint density at radius 3 is 3.00 bits per heavy atom. The van der Waals surface area contributed by atoms with Gasteiger partial charge in [-0.1, -0.05) is 12.1 Å². The van der Waals surface area contributed by atoms with Crippen molar-refractivity contribution in [3.05, 3.63) is 48.5 Å². The standard InChI is InChI=1S/C10H9NO/c1-2-6-11-10(5-1)9-4-3-7-12-8-9/h1-7H,8H2. The number of ether oxygens (including phenoxy) is 1. The summed E-state index contributed by atoms with van der Waals surface area (Å²) in [4.78, 5) is 4.22. The third-order valence-corrected chi connectivity index (χ3v) is 1.70. The molecule has 0 radical (unpaired) electrons. The first kappa shape index (κ1) is 7.10. The first-order chi connectivity index (χ1) is 5.97. The summed E-state index contributed by atoms with van der Waals surface area (Å²) >= 11 is 0. The van der Waals surface area contributed by atoms with E-state index in [-0.39, 0.29) is 0 Å². The predicted octanol–water partition coefficient (Wildman–Crippen LogP) is 2.01. The molecule has 1 aromatic heterocycles. The summed E-state index contributed by atoms with van der Waals surface area (Å²) < 4.78 is 5.15. The Balaban J connectivity index is 2.31. The van der Waals surface area contributed by atoms with Gasteiger partial charge in [0.05, 0.1) is 12.0 Å². The molecular formula is C10H9NO. The van der Waals surface area contributed by atoms with Gasteiger partial charge in [0, 0.05) is 11.8 Å². The molecule has 2 nitrogen and oxygen atoms in total. The molecule has 2 heteroatoms. The van der Waals surface area contributed by atoms with Gasteiger partial charge in [0.25, 0.3) is 0 Å². The minimum absolute atomic E-state index is 0.619. The van der Waals surface area contributed by atoms with Crippen LogP contribution in [0.1, 0.15) is 5.69 Å². The fourth-order valence-electron chi connectivity index (χ4n) is 1.11. The number of allylic oxidation sites excluding steroid dienone is 2. The van der Waals surface area contributed by atoms with Crippen molar-refractivity contribution in [2.75, 3.05) is 6.61 Å². The molecule has 0 atom stereocenters. The van der Waals surface area contributed by atoms with Gasteiger partial charge < -0.3 is 4.74 Å². The predicted molar refractivity (Wildman–Crippen MR) is 47.3 cm³/mol. The lowest BCUT2D eigenvalue weighted by Gasteiger charge is -2.08. The topological polar surface area (TPSA) is 22.1 Å². The van der Waals surface area contributed by atoms with Crippen molar-refractivity contribution < 1.29 is 4.74 Å². The second-order valence-corrected chi connectivity index (χ2v) is 2.55. The lowest BCUT2D eigenvalue weighted by atomic mass is 10.1. The minimum atomic E-state index is 0.619. The van der Waals surface area contributed by atoms with E-state index in [1.54, 1.807) is 12.5 Å². The maximum absolute atomic E-state index is 5.15. The molecule has 0 bridgehead atoms. The zero-order chi connectivity index (χ0) is 8.23. The molecule has 2 rings (SSSR count). The highest BCUT2D eigenvalue weighted by atomic mass is 16.5. The van der Waals surface area contributed by atoms with E-state index in [0.29, 0.717) is 6.61 Å². The highest BCUT2D eigenvalue weighted by Crippen LogP contribution is 2.14. The Morgan fingerprint density at radius 1 is 1.33 bits per heavy atom. The summed E-state index contributed by atoms with van der Waals surface area (Å²) in [5, 5.41) is 0. The van der Waals surface area contributed by atoms with Gasteiger partial charge in [-0.3, -0.25) is 4.98 Å². The Morgan fingerprint density at radius 2 is 2.33 bits per heavy atom. The molecule has 12 heavy (non-hydrogen) atoms. The average molecular weight is 159 g/mol. The van der Waals surface area contributed by atoms with Gasteiger partial charge in [0.1, 0.15) is 6.61 Å². The summed E-state index contributed by atoms with van der Waals surface area (Å²) in [6.45, 7) is 0.619. The van der Waals surface area contributed by atoms with E-state index in [0.717, 1.165) is 11.3 Å². The molecule has 0 saturated carbocycles. The molecule has 0 fully saturated rings. The van der Waals surface area contributed by atoms with Crippen LogP contribution in [0, 0.1) is 0 Å². The largest absolute Gasteiger partial charge is 0.496 e. The number of pyridine rings is 1.